The molecule has 0 N–H and O–H groups in total. The molecule has 1 amide bonds. The highest BCUT2D eigenvalue weighted by Gasteiger charge is 2.27. The quantitative estimate of drug-likeness (QED) is 0.706. The molecule has 0 aliphatic carbocycles. The van der Waals surface area contributed by atoms with Crippen LogP contribution in [0.15, 0.2) is 43.1 Å². The molecule has 0 aromatic carbocycles. The average molecular weight is 355 g/mol. The molecule has 8 heteroatoms. The Hall–Kier alpha value is -2.80. The second kappa shape index (κ2) is 6.25. The predicted molar refractivity (Wildman–Crippen MR) is 93.1 cm³/mol. The molecule has 1 unspecified atom stereocenters. The first-order chi connectivity index (χ1) is 12.1. The van der Waals surface area contributed by atoms with E-state index in [1.165, 1.54) is 17.0 Å². The van der Waals surface area contributed by atoms with Crippen LogP contribution >= 0.6 is 11.6 Å². The lowest BCUT2D eigenvalue weighted by Gasteiger charge is -2.32. The number of halogens is 1. The van der Waals surface area contributed by atoms with Gasteiger partial charge in [0.2, 0.25) is 0 Å². The van der Waals surface area contributed by atoms with Gasteiger partial charge in [0.15, 0.2) is 11.3 Å². The Bertz CT molecular complexity index is 968. The Kier molecular flexibility index (Phi) is 3.93. The molecule has 1 atom stereocenters. The Balaban J connectivity index is 1.59. The standard InChI is InChI=1S/C17H15ClN6O/c1-11-6-12(14-2-4-19-10-21-14)3-5-23(11)17(25)15-7-16-20-8-13(18)9-24(16)22-15/h2-4,7-11H,5-6H2,1H3. The van der Waals surface area contributed by atoms with Crippen LogP contribution in [0.2, 0.25) is 5.02 Å². The Labute approximate surface area is 149 Å². The van der Waals surface area contributed by atoms with Crippen molar-refractivity contribution in [3.8, 4) is 0 Å². The number of hydrogen-bond donors (Lipinski definition) is 0. The third-order valence-corrected chi connectivity index (χ3v) is 4.45. The van der Waals surface area contributed by atoms with E-state index in [2.05, 4.69) is 20.1 Å². The van der Waals surface area contributed by atoms with Crippen molar-refractivity contribution in [3.05, 3.63) is 59.5 Å². The molecule has 1 aliphatic heterocycles. The highest BCUT2D eigenvalue weighted by atomic mass is 35.5. The molecule has 25 heavy (non-hydrogen) atoms. The van der Waals surface area contributed by atoms with Crippen molar-refractivity contribution in [2.24, 2.45) is 0 Å². The van der Waals surface area contributed by atoms with Crippen molar-refractivity contribution in [1.82, 2.24) is 29.5 Å². The molecular formula is C17H15ClN6O. The van der Waals surface area contributed by atoms with Gasteiger partial charge in [-0.05, 0) is 25.0 Å². The van der Waals surface area contributed by atoms with Gasteiger partial charge in [0, 0.05) is 31.0 Å². The minimum absolute atomic E-state index is 0.0452. The van der Waals surface area contributed by atoms with Crippen molar-refractivity contribution in [2.45, 2.75) is 19.4 Å². The lowest BCUT2D eigenvalue weighted by Crippen LogP contribution is -2.41. The van der Waals surface area contributed by atoms with Gasteiger partial charge in [0.1, 0.15) is 6.33 Å². The SMILES string of the molecule is CC1CC(c2ccncn2)=CCN1C(=O)c1cc2ncc(Cl)cn2n1. The van der Waals surface area contributed by atoms with E-state index in [0.717, 1.165) is 17.7 Å². The van der Waals surface area contributed by atoms with Crippen molar-refractivity contribution < 1.29 is 4.79 Å². The number of rotatable bonds is 2. The van der Waals surface area contributed by atoms with Gasteiger partial charge in [-0.3, -0.25) is 4.79 Å². The van der Waals surface area contributed by atoms with E-state index >= 15 is 0 Å². The molecule has 0 fully saturated rings. The zero-order chi connectivity index (χ0) is 17.4. The number of amides is 1. The summed E-state index contributed by atoms with van der Waals surface area (Å²) in [5.41, 5.74) is 2.98. The topological polar surface area (TPSA) is 76.3 Å². The van der Waals surface area contributed by atoms with Crippen molar-refractivity contribution in [2.75, 3.05) is 6.54 Å². The molecule has 3 aromatic rings. The van der Waals surface area contributed by atoms with E-state index in [9.17, 15) is 4.79 Å². The summed E-state index contributed by atoms with van der Waals surface area (Å²) < 4.78 is 1.52. The van der Waals surface area contributed by atoms with Crippen molar-refractivity contribution in [3.63, 3.8) is 0 Å². The largest absolute Gasteiger partial charge is 0.330 e. The number of carbonyl (C=O) groups excluding carboxylic acids is 1. The van der Waals surface area contributed by atoms with Gasteiger partial charge in [-0.1, -0.05) is 17.7 Å². The fraction of sp³-hybridized carbons (Fsp3) is 0.235. The highest BCUT2D eigenvalue weighted by molar-refractivity contribution is 6.30. The van der Waals surface area contributed by atoms with Crippen LogP contribution in [-0.2, 0) is 0 Å². The summed E-state index contributed by atoms with van der Waals surface area (Å²) in [6.45, 7) is 2.54. The molecule has 1 aliphatic rings. The summed E-state index contributed by atoms with van der Waals surface area (Å²) in [5.74, 6) is -0.118. The summed E-state index contributed by atoms with van der Waals surface area (Å²) in [5, 5.41) is 4.77. The second-order valence-corrected chi connectivity index (χ2v) is 6.38. The van der Waals surface area contributed by atoms with Gasteiger partial charge < -0.3 is 4.90 Å². The van der Waals surface area contributed by atoms with Gasteiger partial charge in [0.05, 0.1) is 16.9 Å². The predicted octanol–water partition coefficient (Wildman–Crippen LogP) is 2.49. The molecule has 4 rings (SSSR count). The van der Waals surface area contributed by atoms with Crippen LogP contribution in [-0.4, -0.2) is 48.0 Å². The minimum Gasteiger partial charge on any atom is -0.330 e. The van der Waals surface area contributed by atoms with Crippen LogP contribution in [0.3, 0.4) is 0 Å². The van der Waals surface area contributed by atoms with Crippen LogP contribution in [0.25, 0.3) is 11.2 Å². The van der Waals surface area contributed by atoms with E-state index in [4.69, 9.17) is 11.6 Å². The third kappa shape index (κ3) is 2.98. The summed E-state index contributed by atoms with van der Waals surface area (Å²) in [6.07, 6.45) is 9.19. The summed E-state index contributed by atoms with van der Waals surface area (Å²) >= 11 is 5.92. The first kappa shape index (κ1) is 15.7. The zero-order valence-corrected chi connectivity index (χ0v) is 14.3. The van der Waals surface area contributed by atoms with Crippen LogP contribution in [0.5, 0.6) is 0 Å². The van der Waals surface area contributed by atoms with Crippen LogP contribution in [0, 0.1) is 0 Å². The normalized spacial score (nSPS) is 17.6. The smallest absolute Gasteiger partial charge is 0.274 e. The zero-order valence-electron chi connectivity index (χ0n) is 13.5. The molecule has 0 bridgehead atoms. The number of carbonyl (C=O) groups is 1. The highest BCUT2D eigenvalue weighted by Crippen LogP contribution is 2.26. The molecular weight excluding hydrogens is 340 g/mol. The first-order valence-corrected chi connectivity index (χ1v) is 8.27. The molecule has 4 heterocycles. The summed E-state index contributed by atoms with van der Waals surface area (Å²) in [6, 6.07) is 3.60. The van der Waals surface area contributed by atoms with E-state index < -0.39 is 0 Å². The maximum Gasteiger partial charge on any atom is 0.274 e. The number of nitrogens with zero attached hydrogens (tertiary/aromatic N) is 6. The molecule has 3 aromatic heterocycles. The van der Waals surface area contributed by atoms with E-state index in [0.29, 0.717) is 22.9 Å². The summed E-state index contributed by atoms with van der Waals surface area (Å²) in [4.78, 5) is 27.0. The molecule has 0 saturated carbocycles. The second-order valence-electron chi connectivity index (χ2n) is 5.94. The number of aromatic nitrogens is 5. The molecule has 0 spiro atoms. The minimum atomic E-state index is -0.118. The van der Waals surface area contributed by atoms with Gasteiger partial charge in [0.25, 0.3) is 5.91 Å². The molecule has 126 valence electrons. The monoisotopic (exact) mass is 354 g/mol. The maximum atomic E-state index is 12.8. The fourth-order valence-corrected chi connectivity index (χ4v) is 3.12. The van der Waals surface area contributed by atoms with Gasteiger partial charge in [-0.15, -0.1) is 0 Å². The number of hydrogen-bond acceptors (Lipinski definition) is 5. The van der Waals surface area contributed by atoms with Crippen LogP contribution in [0.1, 0.15) is 29.5 Å². The summed E-state index contributed by atoms with van der Waals surface area (Å²) in [7, 11) is 0. The molecule has 0 saturated heterocycles. The number of fused-ring (bicyclic) bond motifs is 1. The van der Waals surface area contributed by atoms with Gasteiger partial charge in [-0.25, -0.2) is 19.5 Å². The van der Waals surface area contributed by atoms with Crippen molar-refractivity contribution >= 4 is 28.7 Å². The van der Waals surface area contributed by atoms with E-state index in [1.54, 1.807) is 23.4 Å². The van der Waals surface area contributed by atoms with Gasteiger partial charge in [-0.2, -0.15) is 5.10 Å². The Morgan fingerprint density at radius 2 is 2.24 bits per heavy atom. The van der Waals surface area contributed by atoms with Crippen LogP contribution < -0.4 is 0 Å². The van der Waals surface area contributed by atoms with E-state index in [1.807, 2.05) is 19.1 Å². The maximum absolute atomic E-state index is 12.8. The van der Waals surface area contributed by atoms with Crippen molar-refractivity contribution in [1.29, 1.82) is 0 Å². The van der Waals surface area contributed by atoms with E-state index in [-0.39, 0.29) is 11.9 Å². The fourth-order valence-electron chi connectivity index (χ4n) is 2.98. The Morgan fingerprint density at radius 3 is 3.00 bits per heavy atom. The lowest BCUT2D eigenvalue weighted by molar-refractivity contribution is 0.0705. The Morgan fingerprint density at radius 1 is 1.36 bits per heavy atom. The molecule has 7 nitrogen and oxygen atoms in total. The molecule has 0 radical (unpaired) electrons. The first-order valence-electron chi connectivity index (χ1n) is 7.89. The third-order valence-electron chi connectivity index (χ3n) is 4.25. The van der Waals surface area contributed by atoms with Crippen LogP contribution in [0.4, 0.5) is 0 Å². The van der Waals surface area contributed by atoms with Gasteiger partial charge >= 0.3 is 0 Å². The average Bonchev–Trinajstić information content (AvgIpc) is 3.05. The lowest BCUT2D eigenvalue weighted by atomic mass is 9.98.